The number of aliphatic hydroxyl groups is 1. The molecule has 0 amide bonds. The minimum atomic E-state index is -0.579. The molecule has 5 heteroatoms. The maximum absolute atomic E-state index is 10.1. The Labute approximate surface area is 135 Å². The lowest BCUT2D eigenvalue weighted by Gasteiger charge is -2.23. The zero-order valence-corrected chi connectivity index (χ0v) is 13.5. The lowest BCUT2D eigenvalue weighted by Crippen LogP contribution is -2.34. The number of thiophene rings is 1. The quantitative estimate of drug-likeness (QED) is 0.570. The van der Waals surface area contributed by atoms with E-state index in [1.807, 2.05) is 12.1 Å². The molecule has 0 bridgehead atoms. The molecule has 0 aliphatic heterocycles. The number of hydrogen-bond acceptors (Lipinski definition) is 5. The van der Waals surface area contributed by atoms with Crippen LogP contribution in [-0.4, -0.2) is 35.9 Å². The molecule has 0 aromatic carbocycles. The Balaban J connectivity index is 1.93. The van der Waals surface area contributed by atoms with Crippen molar-refractivity contribution in [3.63, 3.8) is 0 Å². The molecule has 118 valence electrons. The van der Waals surface area contributed by atoms with Gasteiger partial charge in [-0.25, -0.2) is 0 Å². The highest BCUT2D eigenvalue weighted by molar-refractivity contribution is 7.11. The molecule has 4 nitrogen and oxygen atoms in total. The topological polar surface area (TPSA) is 45.8 Å². The predicted octanol–water partition coefficient (Wildman–Crippen LogP) is 2.66. The van der Waals surface area contributed by atoms with Crippen LogP contribution in [0.2, 0.25) is 0 Å². The summed E-state index contributed by atoms with van der Waals surface area (Å²) in [5, 5.41) is 10.1. The summed E-state index contributed by atoms with van der Waals surface area (Å²) in [5.41, 5.74) is 0. The third-order valence-corrected chi connectivity index (χ3v) is 4.09. The summed E-state index contributed by atoms with van der Waals surface area (Å²) in [4.78, 5) is 4.69. The van der Waals surface area contributed by atoms with E-state index >= 15 is 0 Å². The molecule has 0 aliphatic carbocycles. The summed E-state index contributed by atoms with van der Waals surface area (Å²) in [5.74, 6) is 3.27. The maximum atomic E-state index is 10.1. The van der Waals surface area contributed by atoms with Gasteiger partial charge in [0.2, 0.25) is 0 Å². The van der Waals surface area contributed by atoms with E-state index in [-0.39, 0.29) is 13.2 Å². The second-order valence-corrected chi connectivity index (χ2v) is 6.51. The first-order valence-electron chi connectivity index (χ1n) is 7.16. The van der Waals surface area contributed by atoms with Crippen molar-refractivity contribution < 1.29 is 14.3 Å². The Morgan fingerprint density at radius 3 is 2.91 bits per heavy atom. The van der Waals surface area contributed by atoms with Crippen LogP contribution in [0.3, 0.4) is 0 Å². The van der Waals surface area contributed by atoms with E-state index in [1.165, 1.54) is 9.75 Å². The van der Waals surface area contributed by atoms with Gasteiger partial charge in [0.1, 0.15) is 12.4 Å². The van der Waals surface area contributed by atoms with Gasteiger partial charge in [-0.3, -0.25) is 4.90 Å². The van der Waals surface area contributed by atoms with Crippen molar-refractivity contribution in [2.24, 2.45) is 0 Å². The Kier molecular flexibility index (Phi) is 6.69. The van der Waals surface area contributed by atoms with Crippen LogP contribution >= 0.6 is 11.3 Å². The van der Waals surface area contributed by atoms with Gasteiger partial charge in [-0.15, -0.1) is 17.8 Å². The molecule has 2 heterocycles. The summed E-state index contributed by atoms with van der Waals surface area (Å²) < 4.78 is 10.6. The number of aliphatic hydroxyl groups excluding tert-OH is 1. The average molecular weight is 319 g/mol. The molecular weight excluding hydrogens is 298 g/mol. The van der Waals surface area contributed by atoms with Crippen molar-refractivity contribution in [2.45, 2.75) is 26.1 Å². The molecule has 1 N–H and O–H groups in total. The van der Waals surface area contributed by atoms with E-state index in [0.29, 0.717) is 13.1 Å². The standard InChI is InChI=1S/C17H21NO3S/c1-3-8-20-13-15(19)10-18(11-16-5-4-9-21-16)12-17-7-6-14(2)22-17/h1,4-7,9,15,19H,8,10-13H2,2H3/t15-/m1/s1. The maximum Gasteiger partial charge on any atom is 0.117 e. The third-order valence-electron chi connectivity index (χ3n) is 3.10. The van der Waals surface area contributed by atoms with Crippen LogP contribution in [0.4, 0.5) is 0 Å². The molecule has 0 radical (unpaired) electrons. The molecule has 2 rings (SSSR count). The molecule has 0 fully saturated rings. The third kappa shape index (κ3) is 5.66. The van der Waals surface area contributed by atoms with Crippen LogP contribution in [0.1, 0.15) is 15.5 Å². The van der Waals surface area contributed by atoms with Crippen LogP contribution in [-0.2, 0) is 17.8 Å². The van der Waals surface area contributed by atoms with Crippen molar-refractivity contribution in [3.05, 3.63) is 46.0 Å². The SMILES string of the molecule is C#CCOC[C@H](O)CN(Cc1ccco1)Cc1ccc(C)s1. The monoisotopic (exact) mass is 319 g/mol. The predicted molar refractivity (Wildman–Crippen MR) is 87.5 cm³/mol. The van der Waals surface area contributed by atoms with Crippen molar-refractivity contribution >= 4 is 11.3 Å². The van der Waals surface area contributed by atoms with Gasteiger partial charge in [0.15, 0.2) is 0 Å². The number of terminal acetylenes is 1. The summed E-state index contributed by atoms with van der Waals surface area (Å²) in [6.45, 7) is 4.47. The fourth-order valence-electron chi connectivity index (χ4n) is 2.20. The lowest BCUT2D eigenvalue weighted by molar-refractivity contribution is 0.0232. The van der Waals surface area contributed by atoms with E-state index in [4.69, 9.17) is 15.6 Å². The van der Waals surface area contributed by atoms with Gasteiger partial charge in [0.05, 0.1) is 25.5 Å². The molecule has 1 atom stereocenters. The van der Waals surface area contributed by atoms with Crippen LogP contribution < -0.4 is 0 Å². The van der Waals surface area contributed by atoms with E-state index in [2.05, 4.69) is 29.9 Å². The first-order chi connectivity index (χ1) is 10.7. The first-order valence-corrected chi connectivity index (χ1v) is 7.98. The van der Waals surface area contributed by atoms with E-state index in [1.54, 1.807) is 17.6 Å². The van der Waals surface area contributed by atoms with Crippen LogP contribution in [0.15, 0.2) is 34.9 Å². The van der Waals surface area contributed by atoms with Crippen molar-refractivity contribution in [3.8, 4) is 12.3 Å². The Morgan fingerprint density at radius 2 is 2.27 bits per heavy atom. The van der Waals surface area contributed by atoms with Gasteiger partial charge >= 0.3 is 0 Å². The van der Waals surface area contributed by atoms with Crippen molar-refractivity contribution in [1.82, 2.24) is 4.90 Å². The smallest absolute Gasteiger partial charge is 0.117 e. The van der Waals surface area contributed by atoms with Gasteiger partial charge in [-0.2, -0.15) is 0 Å². The van der Waals surface area contributed by atoms with Gasteiger partial charge in [0, 0.05) is 22.8 Å². The molecule has 0 aliphatic rings. The number of furan rings is 1. The van der Waals surface area contributed by atoms with Crippen molar-refractivity contribution in [1.29, 1.82) is 0 Å². The zero-order chi connectivity index (χ0) is 15.8. The number of aryl methyl sites for hydroxylation is 1. The van der Waals surface area contributed by atoms with E-state index in [9.17, 15) is 5.11 Å². The summed E-state index contributed by atoms with van der Waals surface area (Å²) >= 11 is 1.77. The number of rotatable bonds is 9. The van der Waals surface area contributed by atoms with Gasteiger partial charge < -0.3 is 14.3 Å². The summed E-state index contributed by atoms with van der Waals surface area (Å²) in [6.07, 6.45) is 6.22. The minimum Gasteiger partial charge on any atom is -0.468 e. The second kappa shape index (κ2) is 8.76. The molecule has 2 aromatic heterocycles. The highest BCUT2D eigenvalue weighted by Gasteiger charge is 2.15. The molecule has 0 saturated heterocycles. The largest absolute Gasteiger partial charge is 0.468 e. The van der Waals surface area contributed by atoms with Gasteiger partial charge in [0.25, 0.3) is 0 Å². The second-order valence-electron chi connectivity index (χ2n) is 5.13. The van der Waals surface area contributed by atoms with E-state index < -0.39 is 6.10 Å². The molecule has 0 saturated carbocycles. The molecule has 22 heavy (non-hydrogen) atoms. The van der Waals surface area contributed by atoms with Crippen LogP contribution in [0.25, 0.3) is 0 Å². The number of ether oxygens (including phenoxy) is 1. The molecule has 0 unspecified atom stereocenters. The zero-order valence-electron chi connectivity index (χ0n) is 12.7. The van der Waals surface area contributed by atoms with Gasteiger partial charge in [-0.05, 0) is 31.2 Å². The Morgan fingerprint density at radius 1 is 1.41 bits per heavy atom. The molecule has 2 aromatic rings. The fraction of sp³-hybridized carbons (Fsp3) is 0.412. The Bertz CT molecular complexity index is 585. The average Bonchev–Trinajstić information content (AvgIpc) is 3.11. The highest BCUT2D eigenvalue weighted by atomic mass is 32.1. The number of hydrogen-bond donors (Lipinski definition) is 1. The number of nitrogens with zero attached hydrogens (tertiary/aromatic N) is 1. The highest BCUT2D eigenvalue weighted by Crippen LogP contribution is 2.19. The normalized spacial score (nSPS) is 12.5. The summed E-state index contributed by atoms with van der Waals surface area (Å²) in [6, 6.07) is 8.04. The fourth-order valence-corrected chi connectivity index (χ4v) is 3.14. The molecular formula is C17H21NO3S. The first kappa shape index (κ1) is 16.8. The summed E-state index contributed by atoms with van der Waals surface area (Å²) in [7, 11) is 0. The van der Waals surface area contributed by atoms with Crippen LogP contribution in [0.5, 0.6) is 0 Å². The lowest BCUT2D eigenvalue weighted by atomic mass is 10.3. The minimum absolute atomic E-state index is 0.222. The van der Waals surface area contributed by atoms with Crippen molar-refractivity contribution in [2.75, 3.05) is 19.8 Å². The molecule has 0 spiro atoms. The van der Waals surface area contributed by atoms with Gasteiger partial charge in [-0.1, -0.05) is 5.92 Å². The van der Waals surface area contributed by atoms with E-state index in [0.717, 1.165) is 12.3 Å². The van der Waals surface area contributed by atoms with Crippen LogP contribution in [0, 0.1) is 19.3 Å². The Hall–Kier alpha value is -1.58.